The second kappa shape index (κ2) is 3.87. The van der Waals surface area contributed by atoms with Crippen LogP contribution in [0.4, 0.5) is 0 Å². The standard InChI is InChI=1S/C12H13NO2/c1-2-13-11-6-4-3-5-9(11)7-10(8-14)12(13)15/h3-7,14H,2,8H2,1H3. The van der Waals surface area contributed by atoms with Gasteiger partial charge in [-0.2, -0.15) is 0 Å². The Morgan fingerprint density at radius 1 is 1.33 bits per heavy atom. The molecule has 1 N–H and O–H groups in total. The van der Waals surface area contributed by atoms with E-state index in [0.29, 0.717) is 12.1 Å². The summed E-state index contributed by atoms with van der Waals surface area (Å²) in [4.78, 5) is 11.8. The Morgan fingerprint density at radius 3 is 2.73 bits per heavy atom. The first-order chi connectivity index (χ1) is 7.27. The zero-order valence-corrected chi connectivity index (χ0v) is 8.60. The van der Waals surface area contributed by atoms with Crippen LogP contribution < -0.4 is 5.56 Å². The second-order valence-corrected chi connectivity index (χ2v) is 3.44. The number of aliphatic hydroxyl groups is 1. The third kappa shape index (κ3) is 1.55. The Hall–Kier alpha value is -1.61. The maximum Gasteiger partial charge on any atom is 0.256 e. The third-order valence-electron chi connectivity index (χ3n) is 2.56. The van der Waals surface area contributed by atoms with E-state index < -0.39 is 0 Å². The van der Waals surface area contributed by atoms with Crippen LogP contribution in [-0.2, 0) is 13.2 Å². The first-order valence-electron chi connectivity index (χ1n) is 5.00. The predicted octanol–water partition coefficient (Wildman–Crippen LogP) is 1.51. The zero-order valence-electron chi connectivity index (χ0n) is 8.60. The number of hydrogen-bond acceptors (Lipinski definition) is 2. The highest BCUT2D eigenvalue weighted by Crippen LogP contribution is 2.13. The van der Waals surface area contributed by atoms with Crippen LogP contribution in [0.5, 0.6) is 0 Å². The number of aliphatic hydroxyl groups excluding tert-OH is 1. The highest BCUT2D eigenvalue weighted by atomic mass is 16.3. The third-order valence-corrected chi connectivity index (χ3v) is 2.56. The largest absolute Gasteiger partial charge is 0.391 e. The van der Waals surface area contributed by atoms with Crippen molar-refractivity contribution in [2.24, 2.45) is 0 Å². The molecule has 2 aromatic rings. The Balaban J connectivity index is 2.90. The summed E-state index contributed by atoms with van der Waals surface area (Å²) in [6.45, 7) is 2.34. The topological polar surface area (TPSA) is 42.2 Å². The maximum absolute atomic E-state index is 11.8. The summed E-state index contributed by atoms with van der Waals surface area (Å²) in [7, 11) is 0. The van der Waals surface area contributed by atoms with Gasteiger partial charge in [-0.3, -0.25) is 4.79 Å². The lowest BCUT2D eigenvalue weighted by molar-refractivity contribution is 0.279. The van der Waals surface area contributed by atoms with Gasteiger partial charge in [0.2, 0.25) is 0 Å². The normalized spacial score (nSPS) is 10.8. The van der Waals surface area contributed by atoms with E-state index in [1.54, 1.807) is 10.6 Å². The van der Waals surface area contributed by atoms with Crippen molar-refractivity contribution in [2.75, 3.05) is 0 Å². The van der Waals surface area contributed by atoms with E-state index >= 15 is 0 Å². The van der Waals surface area contributed by atoms with Crippen molar-refractivity contribution in [3.8, 4) is 0 Å². The lowest BCUT2D eigenvalue weighted by Gasteiger charge is -2.09. The van der Waals surface area contributed by atoms with Gasteiger partial charge >= 0.3 is 0 Å². The monoisotopic (exact) mass is 203 g/mol. The van der Waals surface area contributed by atoms with Gasteiger partial charge in [-0.05, 0) is 24.4 Å². The minimum absolute atomic E-state index is 0.0984. The van der Waals surface area contributed by atoms with E-state index in [9.17, 15) is 4.79 Å². The van der Waals surface area contributed by atoms with E-state index in [1.807, 2.05) is 31.2 Å². The molecule has 0 aliphatic heterocycles. The van der Waals surface area contributed by atoms with Gasteiger partial charge in [0.15, 0.2) is 0 Å². The molecule has 0 aliphatic carbocycles. The fourth-order valence-corrected chi connectivity index (χ4v) is 1.81. The molecule has 0 spiro atoms. The zero-order chi connectivity index (χ0) is 10.8. The summed E-state index contributed by atoms with van der Waals surface area (Å²) in [5, 5.41) is 10.1. The minimum atomic E-state index is -0.205. The van der Waals surface area contributed by atoms with Gasteiger partial charge in [-0.25, -0.2) is 0 Å². The Labute approximate surface area is 87.6 Å². The average molecular weight is 203 g/mol. The van der Waals surface area contributed by atoms with Crippen molar-refractivity contribution in [3.05, 3.63) is 46.2 Å². The Kier molecular flexibility index (Phi) is 2.56. The summed E-state index contributed by atoms with van der Waals surface area (Å²) < 4.78 is 1.68. The number of fused-ring (bicyclic) bond motifs is 1. The van der Waals surface area contributed by atoms with E-state index in [1.165, 1.54) is 0 Å². The molecule has 0 unspecified atom stereocenters. The van der Waals surface area contributed by atoms with Gasteiger partial charge in [-0.1, -0.05) is 18.2 Å². The van der Waals surface area contributed by atoms with Crippen molar-refractivity contribution >= 4 is 10.9 Å². The highest BCUT2D eigenvalue weighted by molar-refractivity contribution is 5.79. The molecule has 0 amide bonds. The molecule has 2 rings (SSSR count). The molecule has 0 fully saturated rings. The van der Waals surface area contributed by atoms with Gasteiger partial charge in [0.25, 0.3) is 5.56 Å². The van der Waals surface area contributed by atoms with Crippen LogP contribution in [-0.4, -0.2) is 9.67 Å². The van der Waals surface area contributed by atoms with Crippen LogP contribution in [0.1, 0.15) is 12.5 Å². The molecule has 0 saturated heterocycles. The average Bonchev–Trinajstić information content (AvgIpc) is 2.28. The fraction of sp³-hybridized carbons (Fsp3) is 0.250. The molecule has 78 valence electrons. The number of para-hydroxylation sites is 1. The van der Waals surface area contributed by atoms with Crippen LogP contribution in [0.2, 0.25) is 0 Å². The summed E-state index contributed by atoms with van der Waals surface area (Å²) in [6.07, 6.45) is 0. The lowest BCUT2D eigenvalue weighted by atomic mass is 10.1. The van der Waals surface area contributed by atoms with Crippen LogP contribution >= 0.6 is 0 Å². The van der Waals surface area contributed by atoms with E-state index in [-0.39, 0.29) is 12.2 Å². The number of aromatic nitrogens is 1. The molecular formula is C12H13NO2. The fourth-order valence-electron chi connectivity index (χ4n) is 1.81. The SMILES string of the molecule is CCn1c(=O)c(CO)cc2ccccc21. The van der Waals surface area contributed by atoms with E-state index in [4.69, 9.17) is 5.11 Å². The molecule has 1 aromatic carbocycles. The summed E-state index contributed by atoms with van der Waals surface area (Å²) in [5.74, 6) is 0. The molecule has 0 saturated carbocycles. The molecule has 0 bridgehead atoms. The molecular weight excluding hydrogens is 190 g/mol. The lowest BCUT2D eigenvalue weighted by Crippen LogP contribution is -2.23. The van der Waals surface area contributed by atoms with Crippen molar-refractivity contribution in [3.63, 3.8) is 0 Å². The van der Waals surface area contributed by atoms with E-state index in [0.717, 1.165) is 10.9 Å². The Morgan fingerprint density at radius 2 is 2.07 bits per heavy atom. The number of hydrogen-bond donors (Lipinski definition) is 1. The first-order valence-corrected chi connectivity index (χ1v) is 5.00. The van der Waals surface area contributed by atoms with Crippen LogP contribution in [0.3, 0.4) is 0 Å². The van der Waals surface area contributed by atoms with Gasteiger partial charge < -0.3 is 9.67 Å². The van der Waals surface area contributed by atoms with Crippen LogP contribution in [0.15, 0.2) is 35.1 Å². The molecule has 0 aliphatic rings. The number of pyridine rings is 1. The summed E-state index contributed by atoms with van der Waals surface area (Å²) >= 11 is 0. The van der Waals surface area contributed by atoms with Crippen LogP contribution in [0.25, 0.3) is 10.9 Å². The molecule has 1 aromatic heterocycles. The maximum atomic E-state index is 11.8. The minimum Gasteiger partial charge on any atom is -0.391 e. The molecule has 3 nitrogen and oxygen atoms in total. The first kappa shape index (κ1) is 9.93. The van der Waals surface area contributed by atoms with Crippen molar-refractivity contribution in [1.82, 2.24) is 4.57 Å². The Bertz CT molecular complexity index is 543. The van der Waals surface area contributed by atoms with Gasteiger partial charge in [0.1, 0.15) is 0 Å². The van der Waals surface area contributed by atoms with Gasteiger partial charge in [0.05, 0.1) is 12.1 Å². The van der Waals surface area contributed by atoms with Crippen molar-refractivity contribution < 1.29 is 5.11 Å². The number of rotatable bonds is 2. The van der Waals surface area contributed by atoms with Gasteiger partial charge in [0, 0.05) is 12.1 Å². The molecule has 15 heavy (non-hydrogen) atoms. The molecule has 3 heteroatoms. The quantitative estimate of drug-likeness (QED) is 0.804. The smallest absolute Gasteiger partial charge is 0.256 e. The van der Waals surface area contributed by atoms with E-state index in [2.05, 4.69) is 0 Å². The van der Waals surface area contributed by atoms with Crippen molar-refractivity contribution in [2.45, 2.75) is 20.1 Å². The number of nitrogens with zero attached hydrogens (tertiary/aromatic N) is 1. The molecule has 1 heterocycles. The second-order valence-electron chi connectivity index (χ2n) is 3.44. The number of aryl methyl sites for hydroxylation is 1. The van der Waals surface area contributed by atoms with Crippen LogP contribution in [0, 0.1) is 0 Å². The van der Waals surface area contributed by atoms with Gasteiger partial charge in [-0.15, -0.1) is 0 Å². The van der Waals surface area contributed by atoms with Crippen molar-refractivity contribution in [1.29, 1.82) is 0 Å². The summed E-state index contributed by atoms with van der Waals surface area (Å²) in [5.41, 5.74) is 1.27. The number of benzene rings is 1. The predicted molar refractivity (Wildman–Crippen MR) is 59.8 cm³/mol. The highest BCUT2D eigenvalue weighted by Gasteiger charge is 2.06. The molecule has 0 atom stereocenters. The molecule has 0 radical (unpaired) electrons. The summed E-state index contributed by atoms with van der Waals surface area (Å²) in [6, 6.07) is 9.45.